The Balaban J connectivity index is 1.56. The van der Waals surface area contributed by atoms with Gasteiger partial charge in [0.2, 0.25) is 11.7 Å². The molecule has 3 aromatic rings. The number of benzene rings is 2. The smallest absolute Gasteiger partial charge is 0.329 e. The number of Topliss-reactive ketones (excluding diaryl/α,β-unsaturated/α-hetero) is 1. The molecule has 1 aromatic heterocycles. The van der Waals surface area contributed by atoms with Crippen molar-refractivity contribution in [2.45, 2.75) is 26.0 Å². The summed E-state index contributed by atoms with van der Waals surface area (Å²) in [5, 5.41) is 3.31. The van der Waals surface area contributed by atoms with Crippen LogP contribution in [-0.4, -0.2) is 34.8 Å². The van der Waals surface area contributed by atoms with Crippen molar-refractivity contribution in [2.24, 2.45) is 0 Å². The molecule has 0 unspecified atom stereocenters. The van der Waals surface area contributed by atoms with E-state index in [1.54, 1.807) is 12.3 Å². The van der Waals surface area contributed by atoms with Gasteiger partial charge in [0.15, 0.2) is 6.10 Å². The van der Waals surface area contributed by atoms with Gasteiger partial charge in [-0.15, -0.1) is 0 Å². The first-order valence-electron chi connectivity index (χ1n) is 9.30. The topological polar surface area (TPSA) is 88.3 Å². The van der Waals surface area contributed by atoms with Crippen molar-refractivity contribution in [3.63, 3.8) is 0 Å². The van der Waals surface area contributed by atoms with E-state index in [9.17, 15) is 14.4 Å². The van der Waals surface area contributed by atoms with E-state index >= 15 is 0 Å². The van der Waals surface area contributed by atoms with Gasteiger partial charge >= 0.3 is 5.97 Å². The lowest BCUT2D eigenvalue weighted by Crippen LogP contribution is -2.41. The summed E-state index contributed by atoms with van der Waals surface area (Å²) < 4.78 is 5.27. The minimum absolute atomic E-state index is 0.307. The summed E-state index contributed by atoms with van der Waals surface area (Å²) in [6.45, 7) is 3.03. The Bertz CT molecular complexity index is 1050. The van der Waals surface area contributed by atoms with Crippen LogP contribution in [0.4, 0.5) is 0 Å². The Morgan fingerprint density at radius 3 is 2.45 bits per heavy atom. The molecule has 1 amide bonds. The highest BCUT2D eigenvalue weighted by Crippen LogP contribution is 2.20. The molecular formula is C23H22N2O4. The largest absolute Gasteiger partial charge is 0.453 e. The second-order valence-corrected chi connectivity index (χ2v) is 6.67. The van der Waals surface area contributed by atoms with Crippen molar-refractivity contribution in [2.75, 3.05) is 0 Å². The van der Waals surface area contributed by atoms with Gasteiger partial charge in [-0.05, 0) is 31.6 Å². The number of para-hydroxylation sites is 1. The zero-order valence-corrected chi connectivity index (χ0v) is 16.2. The molecule has 6 nitrogen and oxygen atoms in total. The number of H-pyrrole nitrogens is 1. The highest BCUT2D eigenvalue weighted by molar-refractivity contribution is 6.10. The molecule has 3 rings (SSSR count). The van der Waals surface area contributed by atoms with Crippen LogP contribution in [0.25, 0.3) is 17.0 Å². The Morgan fingerprint density at radius 2 is 1.69 bits per heavy atom. The first-order valence-corrected chi connectivity index (χ1v) is 9.30. The van der Waals surface area contributed by atoms with Crippen LogP contribution in [0, 0.1) is 0 Å². The molecule has 0 aliphatic carbocycles. The van der Waals surface area contributed by atoms with E-state index in [-0.39, 0.29) is 5.78 Å². The number of nitrogens with one attached hydrogen (secondary N) is 2. The molecule has 29 heavy (non-hydrogen) atoms. The van der Waals surface area contributed by atoms with E-state index < -0.39 is 24.0 Å². The van der Waals surface area contributed by atoms with E-state index in [0.29, 0.717) is 5.56 Å². The lowest BCUT2D eigenvalue weighted by Gasteiger charge is -2.16. The predicted octanol–water partition coefficient (Wildman–Crippen LogP) is 3.50. The number of hydrogen-bond acceptors (Lipinski definition) is 4. The first kappa shape index (κ1) is 20.1. The third-order valence-electron chi connectivity index (χ3n) is 4.46. The van der Waals surface area contributed by atoms with Gasteiger partial charge < -0.3 is 15.0 Å². The van der Waals surface area contributed by atoms with Crippen molar-refractivity contribution >= 4 is 34.6 Å². The Labute approximate surface area is 168 Å². The van der Waals surface area contributed by atoms with Crippen molar-refractivity contribution in [1.29, 1.82) is 0 Å². The molecule has 0 aliphatic heterocycles. The number of aromatic amines is 1. The molecule has 148 valence electrons. The molecule has 0 bridgehead atoms. The zero-order chi connectivity index (χ0) is 20.8. The maximum absolute atomic E-state index is 12.7. The highest BCUT2D eigenvalue weighted by atomic mass is 16.5. The third-order valence-corrected chi connectivity index (χ3v) is 4.46. The average Bonchev–Trinajstić information content (AvgIpc) is 3.16. The normalized spacial score (nSPS) is 13.2. The fourth-order valence-corrected chi connectivity index (χ4v) is 2.88. The predicted molar refractivity (Wildman–Crippen MR) is 111 cm³/mol. The molecule has 0 saturated heterocycles. The van der Waals surface area contributed by atoms with E-state index in [4.69, 9.17) is 4.74 Å². The summed E-state index contributed by atoms with van der Waals surface area (Å²) in [4.78, 5) is 40.0. The van der Waals surface area contributed by atoms with Crippen LogP contribution in [0.1, 0.15) is 29.8 Å². The fourth-order valence-electron chi connectivity index (χ4n) is 2.88. The summed E-state index contributed by atoms with van der Waals surface area (Å²) in [6, 6.07) is 15.8. The number of esters is 1. The number of ketones is 1. The van der Waals surface area contributed by atoms with Gasteiger partial charge in [0, 0.05) is 28.7 Å². The van der Waals surface area contributed by atoms with Crippen LogP contribution in [0.15, 0.2) is 66.9 Å². The average molecular weight is 390 g/mol. The Hall–Kier alpha value is -3.67. The fraction of sp³-hybridized carbons (Fsp3) is 0.174. The quantitative estimate of drug-likeness (QED) is 0.367. The van der Waals surface area contributed by atoms with Crippen LogP contribution in [0.3, 0.4) is 0 Å². The summed E-state index contributed by atoms with van der Waals surface area (Å²) >= 11 is 0. The molecule has 0 spiro atoms. The lowest BCUT2D eigenvalue weighted by atomic mass is 10.1. The summed E-state index contributed by atoms with van der Waals surface area (Å²) in [6.07, 6.45) is 3.63. The number of ether oxygens (including phenoxy) is 1. The number of aromatic nitrogens is 1. The van der Waals surface area contributed by atoms with Gasteiger partial charge in [0.1, 0.15) is 6.04 Å². The van der Waals surface area contributed by atoms with Crippen LogP contribution in [-0.2, 0) is 14.3 Å². The highest BCUT2D eigenvalue weighted by Gasteiger charge is 2.25. The van der Waals surface area contributed by atoms with Crippen LogP contribution in [0.5, 0.6) is 0 Å². The second-order valence-electron chi connectivity index (χ2n) is 6.67. The van der Waals surface area contributed by atoms with Crippen molar-refractivity contribution < 1.29 is 19.1 Å². The number of carbonyl (C=O) groups is 3. The molecule has 2 atom stereocenters. The molecule has 1 heterocycles. The Morgan fingerprint density at radius 1 is 1.00 bits per heavy atom. The third kappa shape index (κ3) is 4.99. The number of hydrogen-bond donors (Lipinski definition) is 2. The zero-order valence-electron chi connectivity index (χ0n) is 16.2. The first-order chi connectivity index (χ1) is 14.0. The van der Waals surface area contributed by atoms with E-state index in [1.807, 2.05) is 54.6 Å². The maximum atomic E-state index is 12.7. The summed E-state index contributed by atoms with van der Waals surface area (Å²) in [5.41, 5.74) is 2.17. The van der Waals surface area contributed by atoms with E-state index in [1.165, 1.54) is 19.9 Å². The van der Waals surface area contributed by atoms with Gasteiger partial charge in [-0.25, -0.2) is 4.79 Å². The van der Waals surface area contributed by atoms with Crippen LogP contribution < -0.4 is 5.32 Å². The van der Waals surface area contributed by atoms with Crippen molar-refractivity contribution in [3.05, 3.63) is 78.0 Å². The standard InChI is InChI=1S/C23H22N2O4/c1-15(25-21(26)13-12-17-8-4-3-5-9-17)23(28)29-16(2)22(27)19-14-24-20-11-7-6-10-18(19)20/h3-16,24H,1-2H3,(H,25,26)/b13-12+/t15-,16+/m0/s1. The molecule has 2 N–H and O–H groups in total. The van der Waals surface area contributed by atoms with E-state index in [0.717, 1.165) is 16.5 Å². The SMILES string of the molecule is C[C@H](NC(=O)/C=C/c1ccccc1)C(=O)O[C@H](C)C(=O)c1c[nH]c2ccccc12. The van der Waals surface area contributed by atoms with Gasteiger partial charge in [-0.1, -0.05) is 48.5 Å². The number of rotatable bonds is 7. The molecule has 0 aliphatic rings. The minimum Gasteiger partial charge on any atom is -0.453 e. The van der Waals surface area contributed by atoms with Crippen molar-refractivity contribution in [3.8, 4) is 0 Å². The lowest BCUT2D eigenvalue weighted by molar-refractivity contribution is -0.149. The monoisotopic (exact) mass is 390 g/mol. The van der Waals surface area contributed by atoms with Crippen LogP contribution in [0.2, 0.25) is 0 Å². The molecule has 2 aromatic carbocycles. The number of amides is 1. The molecule has 0 radical (unpaired) electrons. The summed E-state index contributed by atoms with van der Waals surface area (Å²) in [5.74, 6) is -1.40. The molecule has 0 saturated carbocycles. The Kier molecular flexibility index (Phi) is 6.24. The maximum Gasteiger partial charge on any atom is 0.329 e. The molecule has 6 heteroatoms. The second kappa shape index (κ2) is 9.01. The minimum atomic E-state index is -0.971. The van der Waals surface area contributed by atoms with Crippen LogP contribution >= 0.6 is 0 Å². The molecular weight excluding hydrogens is 368 g/mol. The van der Waals surface area contributed by atoms with Crippen molar-refractivity contribution in [1.82, 2.24) is 10.3 Å². The number of fused-ring (bicyclic) bond motifs is 1. The van der Waals surface area contributed by atoms with Gasteiger partial charge in [0.25, 0.3) is 0 Å². The summed E-state index contributed by atoms with van der Waals surface area (Å²) in [7, 11) is 0. The van der Waals surface area contributed by atoms with Gasteiger partial charge in [-0.2, -0.15) is 0 Å². The van der Waals surface area contributed by atoms with E-state index in [2.05, 4.69) is 10.3 Å². The number of carbonyl (C=O) groups excluding carboxylic acids is 3. The van der Waals surface area contributed by atoms with Gasteiger partial charge in [-0.3, -0.25) is 9.59 Å². The molecule has 0 fully saturated rings. The van der Waals surface area contributed by atoms with Gasteiger partial charge in [0.05, 0.1) is 0 Å².